The van der Waals surface area contributed by atoms with Crippen molar-refractivity contribution in [3.05, 3.63) is 28.8 Å². The molecule has 0 unspecified atom stereocenters. The fourth-order valence-corrected chi connectivity index (χ4v) is 1.54. The summed E-state index contributed by atoms with van der Waals surface area (Å²) in [7, 11) is 1.62. The predicted molar refractivity (Wildman–Crippen MR) is 70.7 cm³/mol. The van der Waals surface area contributed by atoms with Gasteiger partial charge >= 0.3 is 0 Å². The summed E-state index contributed by atoms with van der Waals surface area (Å²) >= 11 is 5.96. The van der Waals surface area contributed by atoms with E-state index in [1.165, 1.54) is 0 Å². The SMILES string of the molecule is COCCOCCOc1ccc(C(=N)N)c(Cl)c1. The van der Waals surface area contributed by atoms with E-state index in [9.17, 15) is 0 Å². The van der Waals surface area contributed by atoms with Crippen molar-refractivity contribution in [2.24, 2.45) is 5.73 Å². The summed E-state index contributed by atoms with van der Waals surface area (Å²) in [5, 5.41) is 7.70. The van der Waals surface area contributed by atoms with Gasteiger partial charge in [-0.15, -0.1) is 0 Å². The van der Waals surface area contributed by atoms with Crippen LogP contribution < -0.4 is 10.5 Å². The monoisotopic (exact) mass is 272 g/mol. The van der Waals surface area contributed by atoms with Crippen LogP contribution in [0.15, 0.2) is 18.2 Å². The number of hydrogen-bond donors (Lipinski definition) is 2. The first-order chi connectivity index (χ1) is 8.65. The van der Waals surface area contributed by atoms with E-state index in [1.54, 1.807) is 25.3 Å². The van der Waals surface area contributed by atoms with Crippen LogP contribution in [0.3, 0.4) is 0 Å². The van der Waals surface area contributed by atoms with Crippen molar-refractivity contribution in [3.8, 4) is 5.75 Å². The van der Waals surface area contributed by atoms with Gasteiger partial charge in [0.05, 0.1) is 24.8 Å². The number of rotatable bonds is 8. The lowest BCUT2D eigenvalue weighted by atomic mass is 10.2. The van der Waals surface area contributed by atoms with Crippen molar-refractivity contribution in [1.82, 2.24) is 0 Å². The summed E-state index contributed by atoms with van der Waals surface area (Å²) in [4.78, 5) is 0. The third-order valence-electron chi connectivity index (χ3n) is 2.16. The van der Waals surface area contributed by atoms with Crippen molar-refractivity contribution in [2.75, 3.05) is 33.5 Å². The number of nitrogens with two attached hydrogens (primary N) is 1. The number of ether oxygens (including phenoxy) is 3. The zero-order valence-electron chi connectivity index (χ0n) is 10.2. The highest BCUT2D eigenvalue weighted by Gasteiger charge is 2.04. The maximum atomic E-state index is 7.30. The molecule has 0 bridgehead atoms. The second-order valence-corrected chi connectivity index (χ2v) is 3.92. The van der Waals surface area contributed by atoms with E-state index in [0.717, 1.165) is 0 Å². The number of hydrogen-bond acceptors (Lipinski definition) is 4. The molecule has 3 N–H and O–H groups in total. The summed E-state index contributed by atoms with van der Waals surface area (Å²) < 4.78 is 15.5. The van der Waals surface area contributed by atoms with E-state index in [4.69, 9.17) is 37.0 Å². The maximum absolute atomic E-state index is 7.30. The molecule has 18 heavy (non-hydrogen) atoms. The Hall–Kier alpha value is -1.30. The number of nitrogen functional groups attached to an aromatic ring is 1. The molecule has 1 aromatic rings. The van der Waals surface area contributed by atoms with Gasteiger partial charge in [-0.2, -0.15) is 0 Å². The Labute approximate surface area is 111 Å². The van der Waals surface area contributed by atoms with Gasteiger partial charge in [0, 0.05) is 12.7 Å². The number of halogens is 1. The van der Waals surface area contributed by atoms with E-state index in [0.29, 0.717) is 42.8 Å². The van der Waals surface area contributed by atoms with Crippen LogP contribution in [0.2, 0.25) is 5.02 Å². The van der Waals surface area contributed by atoms with Crippen LogP contribution in [0.5, 0.6) is 5.75 Å². The second kappa shape index (κ2) is 7.92. The number of nitrogens with one attached hydrogen (secondary N) is 1. The highest BCUT2D eigenvalue weighted by Crippen LogP contribution is 2.22. The van der Waals surface area contributed by atoms with Gasteiger partial charge in [-0.1, -0.05) is 11.6 Å². The van der Waals surface area contributed by atoms with Crippen LogP contribution in [0.4, 0.5) is 0 Å². The first kappa shape index (κ1) is 14.8. The molecule has 0 fully saturated rings. The van der Waals surface area contributed by atoms with E-state index >= 15 is 0 Å². The van der Waals surface area contributed by atoms with Gasteiger partial charge in [-0.3, -0.25) is 5.41 Å². The minimum atomic E-state index is -0.0607. The lowest BCUT2D eigenvalue weighted by molar-refractivity contribution is 0.0544. The van der Waals surface area contributed by atoms with Gasteiger partial charge in [0.25, 0.3) is 0 Å². The fourth-order valence-electron chi connectivity index (χ4n) is 1.27. The first-order valence-electron chi connectivity index (χ1n) is 5.48. The van der Waals surface area contributed by atoms with E-state index < -0.39 is 0 Å². The third-order valence-corrected chi connectivity index (χ3v) is 2.47. The van der Waals surface area contributed by atoms with Crippen molar-refractivity contribution in [1.29, 1.82) is 5.41 Å². The van der Waals surface area contributed by atoms with Crippen LogP contribution in [-0.2, 0) is 9.47 Å². The number of amidine groups is 1. The van der Waals surface area contributed by atoms with Crippen molar-refractivity contribution in [2.45, 2.75) is 0 Å². The molecule has 0 amide bonds. The average Bonchev–Trinajstić information content (AvgIpc) is 2.33. The second-order valence-electron chi connectivity index (χ2n) is 3.51. The summed E-state index contributed by atoms with van der Waals surface area (Å²) in [6.07, 6.45) is 0. The normalized spacial score (nSPS) is 10.3. The Bertz CT molecular complexity index is 399. The summed E-state index contributed by atoms with van der Waals surface area (Å²) in [6, 6.07) is 5.01. The van der Waals surface area contributed by atoms with E-state index in [2.05, 4.69) is 0 Å². The highest BCUT2D eigenvalue weighted by atomic mass is 35.5. The number of benzene rings is 1. The van der Waals surface area contributed by atoms with Crippen LogP contribution in [-0.4, -0.2) is 39.4 Å². The van der Waals surface area contributed by atoms with Crippen molar-refractivity contribution >= 4 is 17.4 Å². The molecule has 0 heterocycles. The predicted octanol–water partition coefficient (Wildman–Crippen LogP) is 1.67. The molecular formula is C12H17ClN2O3. The lowest BCUT2D eigenvalue weighted by Gasteiger charge is -2.09. The molecule has 5 nitrogen and oxygen atoms in total. The van der Waals surface area contributed by atoms with Crippen LogP contribution >= 0.6 is 11.6 Å². The Kier molecular flexibility index (Phi) is 6.49. The fraction of sp³-hybridized carbons (Fsp3) is 0.417. The molecule has 0 saturated heterocycles. The molecule has 0 atom stereocenters. The van der Waals surface area contributed by atoms with Gasteiger partial charge in [0.15, 0.2) is 0 Å². The molecule has 0 aliphatic heterocycles. The summed E-state index contributed by atoms with van der Waals surface area (Å²) in [6.45, 7) is 2.03. The largest absolute Gasteiger partial charge is 0.491 e. The molecule has 6 heteroatoms. The minimum absolute atomic E-state index is 0.0607. The molecule has 0 radical (unpaired) electrons. The van der Waals surface area contributed by atoms with Crippen molar-refractivity contribution < 1.29 is 14.2 Å². The zero-order valence-corrected chi connectivity index (χ0v) is 11.0. The zero-order chi connectivity index (χ0) is 13.4. The quantitative estimate of drug-likeness (QED) is 0.429. The Morgan fingerprint density at radius 2 is 2.00 bits per heavy atom. The summed E-state index contributed by atoms with van der Waals surface area (Å²) in [5.74, 6) is 0.565. The molecule has 1 aromatic carbocycles. The molecule has 0 aliphatic rings. The highest BCUT2D eigenvalue weighted by molar-refractivity contribution is 6.34. The maximum Gasteiger partial charge on any atom is 0.124 e. The van der Waals surface area contributed by atoms with Gasteiger partial charge < -0.3 is 19.9 Å². The Morgan fingerprint density at radius 1 is 1.28 bits per heavy atom. The molecule has 0 spiro atoms. The van der Waals surface area contributed by atoms with E-state index in [-0.39, 0.29) is 5.84 Å². The van der Waals surface area contributed by atoms with Crippen LogP contribution in [0.1, 0.15) is 5.56 Å². The molecule has 0 aromatic heterocycles. The molecule has 100 valence electrons. The molecule has 1 rings (SSSR count). The smallest absolute Gasteiger partial charge is 0.124 e. The topological polar surface area (TPSA) is 77.6 Å². The van der Waals surface area contributed by atoms with E-state index in [1.807, 2.05) is 0 Å². The first-order valence-corrected chi connectivity index (χ1v) is 5.86. The summed E-state index contributed by atoms with van der Waals surface area (Å²) in [5.41, 5.74) is 5.86. The lowest BCUT2D eigenvalue weighted by Crippen LogP contribution is -2.12. The average molecular weight is 273 g/mol. The van der Waals surface area contributed by atoms with Crippen LogP contribution in [0, 0.1) is 5.41 Å². The van der Waals surface area contributed by atoms with Crippen molar-refractivity contribution in [3.63, 3.8) is 0 Å². The molecular weight excluding hydrogens is 256 g/mol. The number of methoxy groups -OCH3 is 1. The van der Waals surface area contributed by atoms with Gasteiger partial charge in [-0.05, 0) is 18.2 Å². The standard InChI is InChI=1S/C12H17ClN2O3/c1-16-4-5-17-6-7-18-9-2-3-10(12(14)15)11(13)8-9/h2-3,8H,4-7H2,1H3,(H3,14,15). The molecule has 0 saturated carbocycles. The Morgan fingerprint density at radius 3 is 2.61 bits per heavy atom. The Balaban J connectivity index is 2.35. The minimum Gasteiger partial charge on any atom is -0.491 e. The van der Waals surface area contributed by atoms with Crippen LogP contribution in [0.25, 0.3) is 0 Å². The molecule has 0 aliphatic carbocycles. The van der Waals surface area contributed by atoms with Gasteiger partial charge in [0.2, 0.25) is 0 Å². The third kappa shape index (κ3) is 4.91. The van der Waals surface area contributed by atoms with Gasteiger partial charge in [-0.25, -0.2) is 0 Å². The van der Waals surface area contributed by atoms with Gasteiger partial charge in [0.1, 0.15) is 18.2 Å².